The Labute approximate surface area is 118 Å². The first-order chi connectivity index (χ1) is 9.56. The first-order valence-corrected chi connectivity index (χ1v) is 7.26. The van der Waals surface area contributed by atoms with Gasteiger partial charge in [0.2, 0.25) is 0 Å². The van der Waals surface area contributed by atoms with Gasteiger partial charge in [-0.1, -0.05) is 23.9 Å². The second kappa shape index (κ2) is 5.83. The van der Waals surface area contributed by atoms with Gasteiger partial charge in [0.25, 0.3) is 0 Å². The Kier molecular flexibility index (Phi) is 4.14. The lowest BCUT2D eigenvalue weighted by Gasteiger charge is -2.24. The fourth-order valence-corrected chi connectivity index (χ4v) is 2.63. The van der Waals surface area contributed by atoms with Crippen LogP contribution in [0.15, 0.2) is 53.4 Å². The number of ether oxygens (including phenoxy) is 2. The van der Waals surface area contributed by atoms with Crippen LogP contribution in [0.2, 0.25) is 0 Å². The summed E-state index contributed by atoms with van der Waals surface area (Å²) in [5.41, 5.74) is 0.269. The largest absolute Gasteiger partial charge is 0.570 e. The third kappa shape index (κ3) is 3.03. The van der Waals surface area contributed by atoms with Crippen LogP contribution in [0.3, 0.4) is 0 Å². The fourth-order valence-electron chi connectivity index (χ4n) is 1.64. The molecule has 0 aliphatic carbocycles. The first kappa shape index (κ1) is 14.2. The van der Waals surface area contributed by atoms with Crippen LogP contribution in [0.1, 0.15) is 0 Å². The molecule has 5 nitrogen and oxygen atoms in total. The van der Waals surface area contributed by atoms with Crippen LogP contribution < -0.4 is 9.47 Å². The molecule has 0 aliphatic heterocycles. The van der Waals surface area contributed by atoms with Crippen LogP contribution >= 0.6 is 0 Å². The molecule has 0 saturated heterocycles. The first-order valence-electron chi connectivity index (χ1n) is 5.82. The average Bonchev–Trinajstić information content (AvgIpc) is 2.47. The quantitative estimate of drug-likeness (QED) is 0.849. The molecule has 0 fully saturated rings. The predicted octanol–water partition coefficient (Wildman–Crippen LogP) is 3.10. The molecule has 20 heavy (non-hydrogen) atoms. The maximum atomic E-state index is 12.2. The molecule has 0 aliphatic rings. The van der Waals surface area contributed by atoms with Crippen LogP contribution in [0.5, 0.6) is 11.5 Å². The Hall–Kier alpha value is -2.21. The number of nitrogens with zero attached hydrogens (tertiary/aromatic N) is 1. The molecule has 0 heterocycles. The lowest BCUT2D eigenvalue weighted by atomic mass is 10.3. The molecular weight excluding hydrogens is 278 g/mol. The van der Waals surface area contributed by atoms with Crippen molar-refractivity contribution in [3.05, 3.63) is 53.3 Å². The molecule has 0 bridgehead atoms. The molecule has 0 amide bonds. The molecule has 0 atom stereocenters. The third-order valence-corrected chi connectivity index (χ3v) is 3.97. The fraction of sp³-hybridized carbons (Fsp3) is 0.143. The van der Waals surface area contributed by atoms with Gasteiger partial charge in [-0.25, -0.2) is 8.42 Å². The van der Waals surface area contributed by atoms with Crippen LogP contribution in [0, 0.1) is 0 Å². The van der Waals surface area contributed by atoms with Crippen molar-refractivity contribution in [2.24, 2.45) is 0 Å². The topological polar surface area (TPSA) is 66.7 Å². The molecule has 0 unspecified atom stereocenters. The number of hydrogen-bond acceptors (Lipinski definition) is 4. The van der Waals surface area contributed by atoms with Crippen molar-refractivity contribution in [1.82, 2.24) is 0 Å². The van der Waals surface area contributed by atoms with E-state index in [1.54, 1.807) is 36.4 Å². The molecule has 2 aromatic carbocycles. The van der Waals surface area contributed by atoms with Crippen molar-refractivity contribution in [2.75, 3.05) is 14.2 Å². The SMILES string of the molecule is COc1ccc(S(=O)(=O)[N-]c2ccccc2OC)cc1. The van der Waals surface area contributed by atoms with Gasteiger partial charge in [-0.3, -0.25) is 0 Å². The number of para-hydroxylation sites is 1. The minimum atomic E-state index is -3.78. The number of rotatable bonds is 5. The normalized spacial score (nSPS) is 10.9. The summed E-state index contributed by atoms with van der Waals surface area (Å²) in [6.07, 6.45) is 0. The maximum Gasteiger partial charge on any atom is 0.123 e. The summed E-state index contributed by atoms with van der Waals surface area (Å²) >= 11 is 0. The van der Waals surface area contributed by atoms with E-state index in [2.05, 4.69) is 4.72 Å². The van der Waals surface area contributed by atoms with E-state index in [-0.39, 0.29) is 10.6 Å². The van der Waals surface area contributed by atoms with Gasteiger partial charge >= 0.3 is 0 Å². The van der Waals surface area contributed by atoms with E-state index in [0.29, 0.717) is 11.5 Å². The Balaban J connectivity index is 2.30. The van der Waals surface area contributed by atoms with Crippen molar-refractivity contribution in [3.63, 3.8) is 0 Å². The summed E-state index contributed by atoms with van der Waals surface area (Å²) in [6.45, 7) is 0. The average molecular weight is 292 g/mol. The van der Waals surface area contributed by atoms with Crippen molar-refractivity contribution >= 4 is 15.7 Å². The summed E-state index contributed by atoms with van der Waals surface area (Å²) in [5.74, 6) is 0.992. The molecule has 0 radical (unpaired) electrons. The molecule has 0 spiro atoms. The lowest BCUT2D eigenvalue weighted by molar-refractivity contribution is 0.414. The molecule has 106 valence electrons. The van der Waals surface area contributed by atoms with Gasteiger partial charge in [0, 0.05) is 0 Å². The van der Waals surface area contributed by atoms with Crippen LogP contribution in [0.4, 0.5) is 5.69 Å². The van der Waals surface area contributed by atoms with E-state index < -0.39 is 10.0 Å². The second-order valence-electron chi connectivity index (χ2n) is 3.91. The molecule has 2 rings (SSSR count). The summed E-state index contributed by atoms with van der Waals surface area (Å²) in [4.78, 5) is 0.101. The summed E-state index contributed by atoms with van der Waals surface area (Å²) in [7, 11) is -0.798. The van der Waals surface area contributed by atoms with E-state index in [4.69, 9.17) is 9.47 Å². The second-order valence-corrected chi connectivity index (χ2v) is 5.52. The predicted molar refractivity (Wildman–Crippen MR) is 76.2 cm³/mol. The minimum Gasteiger partial charge on any atom is -0.570 e. The van der Waals surface area contributed by atoms with Gasteiger partial charge in [-0.2, -0.15) is 0 Å². The van der Waals surface area contributed by atoms with Crippen LogP contribution in [0.25, 0.3) is 4.72 Å². The zero-order valence-electron chi connectivity index (χ0n) is 11.1. The number of methoxy groups -OCH3 is 2. The van der Waals surface area contributed by atoms with Crippen molar-refractivity contribution < 1.29 is 17.9 Å². The zero-order chi connectivity index (χ0) is 14.6. The van der Waals surface area contributed by atoms with Gasteiger partial charge in [0.15, 0.2) is 0 Å². The maximum absolute atomic E-state index is 12.2. The zero-order valence-corrected chi connectivity index (χ0v) is 11.9. The van der Waals surface area contributed by atoms with Crippen molar-refractivity contribution in [2.45, 2.75) is 4.90 Å². The van der Waals surface area contributed by atoms with E-state index in [1.807, 2.05) is 0 Å². The van der Waals surface area contributed by atoms with Gasteiger partial charge < -0.3 is 14.2 Å². The van der Waals surface area contributed by atoms with Crippen molar-refractivity contribution in [3.8, 4) is 11.5 Å². The molecule has 2 aromatic rings. The highest BCUT2D eigenvalue weighted by Crippen LogP contribution is 2.35. The minimum absolute atomic E-state index is 0.101. The van der Waals surface area contributed by atoms with Crippen molar-refractivity contribution in [1.29, 1.82) is 0 Å². The van der Waals surface area contributed by atoms with E-state index in [1.165, 1.54) is 26.4 Å². The molecular formula is C14H14NO4S-. The van der Waals surface area contributed by atoms with E-state index >= 15 is 0 Å². The molecule has 6 heteroatoms. The van der Waals surface area contributed by atoms with E-state index in [0.717, 1.165) is 0 Å². The Morgan fingerprint density at radius 3 is 2.15 bits per heavy atom. The van der Waals surface area contributed by atoms with Gasteiger partial charge in [0.05, 0.1) is 19.1 Å². The highest BCUT2D eigenvalue weighted by molar-refractivity contribution is 7.94. The summed E-state index contributed by atoms with van der Waals surface area (Å²) < 4.78 is 38.3. The smallest absolute Gasteiger partial charge is 0.123 e. The summed E-state index contributed by atoms with van der Waals surface area (Å²) in [6, 6.07) is 12.7. The van der Waals surface area contributed by atoms with Gasteiger partial charge in [-0.05, 0) is 30.3 Å². The van der Waals surface area contributed by atoms with Crippen LogP contribution in [-0.2, 0) is 10.0 Å². The third-order valence-electron chi connectivity index (χ3n) is 2.66. The number of benzene rings is 2. The van der Waals surface area contributed by atoms with Gasteiger partial charge in [-0.15, -0.1) is 0 Å². The number of sulfonamides is 1. The number of hydrogen-bond donors (Lipinski definition) is 0. The van der Waals surface area contributed by atoms with E-state index in [9.17, 15) is 8.42 Å². The Bertz CT molecular complexity index is 681. The summed E-state index contributed by atoms with van der Waals surface area (Å²) in [5, 5.41) is 0. The Morgan fingerprint density at radius 1 is 0.900 bits per heavy atom. The highest BCUT2D eigenvalue weighted by atomic mass is 32.2. The molecule has 0 saturated carbocycles. The Morgan fingerprint density at radius 2 is 1.55 bits per heavy atom. The van der Waals surface area contributed by atoms with Gasteiger partial charge in [0.1, 0.15) is 21.5 Å². The monoisotopic (exact) mass is 292 g/mol. The molecule has 0 aromatic heterocycles. The lowest BCUT2D eigenvalue weighted by Crippen LogP contribution is -1.98. The molecule has 0 N–H and O–H groups in total. The highest BCUT2D eigenvalue weighted by Gasteiger charge is 2.06. The van der Waals surface area contributed by atoms with Crippen LogP contribution in [-0.4, -0.2) is 22.6 Å². The standard InChI is InChI=1S/C14H14NO4S/c1-18-11-7-9-12(10-8-11)20(16,17)15-13-5-3-4-6-14(13)19-2/h3-10H,1-2H3/q-1.